The van der Waals surface area contributed by atoms with Crippen LogP contribution >= 0.6 is 11.3 Å². The van der Waals surface area contributed by atoms with Crippen LogP contribution in [0.5, 0.6) is 0 Å². The zero-order valence-electron chi connectivity index (χ0n) is 9.58. The van der Waals surface area contributed by atoms with Gasteiger partial charge in [0, 0.05) is 17.5 Å². The maximum absolute atomic E-state index is 11.6. The first-order chi connectivity index (χ1) is 7.22. The highest BCUT2D eigenvalue weighted by molar-refractivity contribution is 7.09. The lowest BCUT2D eigenvalue weighted by Gasteiger charge is -1.98. The summed E-state index contributed by atoms with van der Waals surface area (Å²) in [6.07, 6.45) is 5.93. The van der Waals surface area contributed by atoms with Crippen LogP contribution in [0.1, 0.15) is 49.7 Å². The van der Waals surface area contributed by atoms with Gasteiger partial charge in [0.05, 0.1) is 6.42 Å². The molecule has 0 fully saturated rings. The van der Waals surface area contributed by atoms with Crippen LogP contribution in [0.25, 0.3) is 0 Å². The maximum Gasteiger partial charge on any atom is 0.139 e. The van der Waals surface area contributed by atoms with Crippen molar-refractivity contribution in [3.63, 3.8) is 0 Å². The molecule has 3 heteroatoms. The van der Waals surface area contributed by atoms with Gasteiger partial charge in [0.15, 0.2) is 0 Å². The molecule has 0 aliphatic rings. The van der Waals surface area contributed by atoms with Gasteiger partial charge in [0.1, 0.15) is 10.8 Å². The summed E-state index contributed by atoms with van der Waals surface area (Å²) in [5.41, 5.74) is 1.02. The molecule has 0 aliphatic heterocycles. The zero-order chi connectivity index (χ0) is 11.1. The number of carbonyl (C=O) groups excluding carboxylic acids is 1. The molecule has 84 valence electrons. The first-order valence-corrected chi connectivity index (χ1v) is 6.53. The van der Waals surface area contributed by atoms with Gasteiger partial charge in [-0.1, -0.05) is 26.2 Å². The van der Waals surface area contributed by atoms with E-state index in [2.05, 4.69) is 11.9 Å². The van der Waals surface area contributed by atoms with E-state index >= 15 is 0 Å². The van der Waals surface area contributed by atoms with Gasteiger partial charge < -0.3 is 0 Å². The summed E-state index contributed by atoms with van der Waals surface area (Å²) in [4.78, 5) is 15.8. The lowest BCUT2D eigenvalue weighted by Crippen LogP contribution is -2.02. The van der Waals surface area contributed by atoms with Crippen molar-refractivity contribution in [3.8, 4) is 0 Å². The molecule has 0 N–H and O–H groups in total. The van der Waals surface area contributed by atoms with Crippen molar-refractivity contribution < 1.29 is 4.79 Å². The van der Waals surface area contributed by atoms with E-state index < -0.39 is 0 Å². The number of thiazole rings is 1. The van der Waals surface area contributed by atoms with Crippen molar-refractivity contribution in [2.24, 2.45) is 0 Å². The first-order valence-electron chi connectivity index (χ1n) is 5.65. The van der Waals surface area contributed by atoms with Gasteiger partial charge in [-0.05, 0) is 13.3 Å². The molecule has 0 aliphatic carbocycles. The number of carbonyl (C=O) groups is 1. The van der Waals surface area contributed by atoms with E-state index in [-0.39, 0.29) is 0 Å². The van der Waals surface area contributed by atoms with Crippen molar-refractivity contribution in [1.82, 2.24) is 4.98 Å². The maximum atomic E-state index is 11.6. The Bertz CT molecular complexity index is 306. The number of rotatable bonds is 7. The Morgan fingerprint density at radius 3 is 2.80 bits per heavy atom. The van der Waals surface area contributed by atoms with E-state index in [1.54, 1.807) is 11.3 Å². The second-order valence-corrected chi connectivity index (χ2v) is 4.85. The van der Waals surface area contributed by atoms with Gasteiger partial charge in [0.2, 0.25) is 0 Å². The standard InChI is InChI=1S/C12H19NOS/c1-3-4-5-6-7-11(14)8-12-13-10(2)9-15-12/h9H,3-8H2,1-2H3. The smallest absolute Gasteiger partial charge is 0.139 e. The third kappa shape index (κ3) is 5.07. The van der Waals surface area contributed by atoms with Crippen LogP contribution in [0, 0.1) is 6.92 Å². The van der Waals surface area contributed by atoms with E-state index in [4.69, 9.17) is 0 Å². The number of aryl methyl sites for hydroxylation is 1. The van der Waals surface area contributed by atoms with Gasteiger partial charge in [-0.3, -0.25) is 4.79 Å². The summed E-state index contributed by atoms with van der Waals surface area (Å²) >= 11 is 1.59. The Morgan fingerprint density at radius 2 is 2.20 bits per heavy atom. The predicted octanol–water partition coefficient (Wildman–Crippen LogP) is 3.53. The van der Waals surface area contributed by atoms with Crippen LogP contribution < -0.4 is 0 Å². The molecule has 0 bridgehead atoms. The minimum Gasteiger partial charge on any atom is -0.299 e. The van der Waals surface area contributed by atoms with Gasteiger partial charge in [-0.15, -0.1) is 11.3 Å². The van der Waals surface area contributed by atoms with Crippen molar-refractivity contribution in [2.45, 2.75) is 52.4 Å². The van der Waals surface area contributed by atoms with E-state index in [0.29, 0.717) is 12.2 Å². The van der Waals surface area contributed by atoms with Crippen LogP contribution in [0.4, 0.5) is 0 Å². The van der Waals surface area contributed by atoms with Crippen LogP contribution in [-0.4, -0.2) is 10.8 Å². The summed E-state index contributed by atoms with van der Waals surface area (Å²) in [6.45, 7) is 4.14. The molecule has 0 atom stereocenters. The largest absolute Gasteiger partial charge is 0.299 e. The minimum atomic E-state index is 0.334. The number of aromatic nitrogens is 1. The van der Waals surface area contributed by atoms with E-state index in [1.807, 2.05) is 12.3 Å². The minimum absolute atomic E-state index is 0.334. The molecule has 0 spiro atoms. The molecule has 0 saturated heterocycles. The van der Waals surface area contributed by atoms with Gasteiger partial charge >= 0.3 is 0 Å². The Labute approximate surface area is 95.7 Å². The average Bonchev–Trinajstić information content (AvgIpc) is 2.59. The van der Waals surface area contributed by atoms with Crippen LogP contribution in [0.15, 0.2) is 5.38 Å². The van der Waals surface area contributed by atoms with Crippen molar-refractivity contribution in [1.29, 1.82) is 0 Å². The molecule has 1 aromatic rings. The summed E-state index contributed by atoms with van der Waals surface area (Å²) in [7, 11) is 0. The molecule has 0 amide bonds. The summed E-state index contributed by atoms with van der Waals surface area (Å²) in [5.74, 6) is 0.334. The Morgan fingerprint density at radius 1 is 1.40 bits per heavy atom. The topological polar surface area (TPSA) is 30.0 Å². The average molecular weight is 225 g/mol. The molecule has 0 radical (unpaired) electrons. The van der Waals surface area contributed by atoms with Crippen molar-refractivity contribution in [3.05, 3.63) is 16.1 Å². The molecule has 1 aromatic heterocycles. The van der Waals surface area contributed by atoms with Crippen LogP contribution in [-0.2, 0) is 11.2 Å². The number of ketones is 1. The monoisotopic (exact) mass is 225 g/mol. The van der Waals surface area contributed by atoms with E-state index in [9.17, 15) is 4.79 Å². The van der Waals surface area contributed by atoms with E-state index in [1.165, 1.54) is 19.3 Å². The molecule has 1 rings (SSSR count). The normalized spacial score (nSPS) is 10.5. The third-order valence-corrected chi connectivity index (χ3v) is 3.29. The molecule has 15 heavy (non-hydrogen) atoms. The lowest BCUT2D eigenvalue weighted by molar-refractivity contribution is -0.118. The van der Waals surface area contributed by atoms with Gasteiger partial charge in [0.25, 0.3) is 0 Å². The summed E-state index contributed by atoms with van der Waals surface area (Å²) in [5, 5.41) is 2.97. The van der Waals surface area contributed by atoms with E-state index in [0.717, 1.165) is 23.5 Å². The Kier molecular flexibility index (Phi) is 5.54. The molecule has 0 aromatic carbocycles. The molecular weight excluding hydrogens is 206 g/mol. The van der Waals surface area contributed by atoms with Crippen molar-refractivity contribution in [2.75, 3.05) is 0 Å². The first kappa shape index (κ1) is 12.4. The Balaban J connectivity index is 2.18. The predicted molar refractivity (Wildman–Crippen MR) is 64.3 cm³/mol. The fourth-order valence-electron chi connectivity index (χ4n) is 1.49. The SMILES string of the molecule is CCCCCCC(=O)Cc1nc(C)cs1. The number of nitrogens with zero attached hydrogens (tertiary/aromatic N) is 1. The number of hydrogen-bond donors (Lipinski definition) is 0. The molecule has 0 saturated carbocycles. The van der Waals surface area contributed by atoms with Gasteiger partial charge in [-0.2, -0.15) is 0 Å². The highest BCUT2D eigenvalue weighted by atomic mass is 32.1. The summed E-state index contributed by atoms with van der Waals surface area (Å²) in [6, 6.07) is 0. The Hall–Kier alpha value is -0.700. The highest BCUT2D eigenvalue weighted by Crippen LogP contribution is 2.11. The second kappa shape index (κ2) is 6.72. The number of hydrogen-bond acceptors (Lipinski definition) is 3. The fourth-order valence-corrected chi connectivity index (χ4v) is 2.29. The lowest BCUT2D eigenvalue weighted by atomic mass is 10.1. The molecular formula is C12H19NOS. The number of Topliss-reactive ketones (excluding diaryl/α,β-unsaturated/α-hetero) is 1. The van der Waals surface area contributed by atoms with Crippen LogP contribution in [0.3, 0.4) is 0 Å². The number of unbranched alkanes of at least 4 members (excludes halogenated alkanes) is 3. The molecule has 1 heterocycles. The second-order valence-electron chi connectivity index (χ2n) is 3.91. The van der Waals surface area contributed by atoms with Crippen LogP contribution in [0.2, 0.25) is 0 Å². The van der Waals surface area contributed by atoms with Gasteiger partial charge in [-0.25, -0.2) is 4.98 Å². The summed E-state index contributed by atoms with van der Waals surface area (Å²) < 4.78 is 0. The fraction of sp³-hybridized carbons (Fsp3) is 0.667. The molecule has 0 unspecified atom stereocenters. The zero-order valence-corrected chi connectivity index (χ0v) is 10.4. The van der Waals surface area contributed by atoms with Crippen molar-refractivity contribution >= 4 is 17.1 Å². The quantitative estimate of drug-likeness (QED) is 0.664. The molecule has 2 nitrogen and oxygen atoms in total. The third-order valence-electron chi connectivity index (χ3n) is 2.32. The highest BCUT2D eigenvalue weighted by Gasteiger charge is 2.06.